The molecule has 2 heterocycles. The molecule has 0 N–H and O–H groups in total. The summed E-state index contributed by atoms with van der Waals surface area (Å²) in [4.78, 5) is 36.2. The average molecular weight is 747 g/mol. The van der Waals surface area contributed by atoms with Crippen LogP contribution in [0.3, 0.4) is 0 Å². The summed E-state index contributed by atoms with van der Waals surface area (Å²) in [5.41, 5.74) is 4.36. The van der Waals surface area contributed by atoms with Gasteiger partial charge in [-0.25, -0.2) is 4.98 Å². The zero-order valence-corrected chi connectivity index (χ0v) is 31.7. The largest absolute Gasteiger partial charge is 0.497 e. The van der Waals surface area contributed by atoms with Crippen molar-refractivity contribution in [1.29, 1.82) is 0 Å². The van der Waals surface area contributed by atoms with Crippen LogP contribution in [0, 0.1) is 5.92 Å². The minimum absolute atomic E-state index is 0.113. The normalized spacial score (nSPS) is 16.8. The smallest absolute Gasteiger partial charge is 0.311 e. The van der Waals surface area contributed by atoms with Gasteiger partial charge < -0.3 is 23.7 Å². The Morgan fingerprint density at radius 3 is 2.14 bits per heavy atom. The first-order valence-corrected chi connectivity index (χ1v) is 18.6. The van der Waals surface area contributed by atoms with E-state index in [4.69, 9.17) is 28.7 Å². The number of pyridine rings is 1. The van der Waals surface area contributed by atoms with Gasteiger partial charge in [-0.15, -0.1) is 0 Å². The number of carbonyl (C=O) groups is 2. The summed E-state index contributed by atoms with van der Waals surface area (Å²) < 4.78 is 30.0. The molecule has 9 heteroatoms. The third kappa shape index (κ3) is 7.28. The van der Waals surface area contributed by atoms with E-state index in [1.165, 1.54) is 0 Å². The molecule has 1 aromatic heterocycles. The molecule has 0 fully saturated rings. The first kappa shape index (κ1) is 36.4. The highest BCUT2D eigenvalue weighted by Crippen LogP contribution is 2.56. The van der Waals surface area contributed by atoms with Crippen molar-refractivity contribution in [2.75, 3.05) is 18.8 Å². The Kier molecular flexibility index (Phi) is 9.91. The summed E-state index contributed by atoms with van der Waals surface area (Å²) in [5.74, 6) is 0.157. The predicted molar refractivity (Wildman–Crippen MR) is 213 cm³/mol. The van der Waals surface area contributed by atoms with Gasteiger partial charge in [-0.1, -0.05) is 84.9 Å². The second-order valence-electron chi connectivity index (χ2n) is 14.8. The summed E-state index contributed by atoms with van der Waals surface area (Å²) in [6.07, 6.45) is 0. The minimum Gasteiger partial charge on any atom is -0.497 e. The van der Waals surface area contributed by atoms with Crippen LogP contribution in [0.2, 0.25) is 0 Å². The SMILES string of the molecule is COc1ccc([C@@H]2c3nc(N(C(=O)c4ccccc4)c4ccccc4)ccc3[C@H](c3ccc4c(c3)OCO4)[C@H]2C(=O)OC(C)(C)C)c(OCc2ccccc2)c1. The molecule has 3 atom stereocenters. The van der Waals surface area contributed by atoms with Gasteiger partial charge in [-0.05, 0) is 86.0 Å². The van der Waals surface area contributed by atoms with Gasteiger partial charge in [0.25, 0.3) is 5.91 Å². The van der Waals surface area contributed by atoms with Gasteiger partial charge >= 0.3 is 5.97 Å². The molecule has 1 aliphatic heterocycles. The highest BCUT2D eigenvalue weighted by Gasteiger charge is 2.50. The number of hydrogen-bond donors (Lipinski definition) is 0. The van der Waals surface area contributed by atoms with Crippen LogP contribution in [0.25, 0.3) is 0 Å². The summed E-state index contributed by atoms with van der Waals surface area (Å²) in [6, 6.07) is 43.7. The maximum atomic E-state index is 14.8. The molecule has 1 aliphatic carbocycles. The lowest BCUT2D eigenvalue weighted by Crippen LogP contribution is -2.33. The van der Waals surface area contributed by atoms with Crippen LogP contribution in [-0.4, -0.2) is 36.4 Å². The van der Waals surface area contributed by atoms with Gasteiger partial charge in [-0.2, -0.15) is 0 Å². The Bertz CT molecular complexity index is 2360. The van der Waals surface area contributed by atoms with E-state index >= 15 is 0 Å². The molecule has 0 radical (unpaired) electrons. The Balaban J connectivity index is 1.35. The van der Waals surface area contributed by atoms with Crippen molar-refractivity contribution in [1.82, 2.24) is 4.98 Å². The molecule has 56 heavy (non-hydrogen) atoms. The fourth-order valence-electron chi connectivity index (χ4n) is 7.54. The van der Waals surface area contributed by atoms with E-state index in [1.807, 2.05) is 148 Å². The molecule has 0 unspecified atom stereocenters. The van der Waals surface area contributed by atoms with Crippen molar-refractivity contribution in [2.45, 2.75) is 44.8 Å². The molecule has 1 amide bonds. The number of para-hydroxylation sites is 1. The summed E-state index contributed by atoms with van der Waals surface area (Å²) in [5, 5.41) is 0. The van der Waals surface area contributed by atoms with Crippen molar-refractivity contribution in [3.05, 3.63) is 173 Å². The van der Waals surface area contributed by atoms with Crippen LogP contribution in [-0.2, 0) is 16.1 Å². The Hall–Kier alpha value is -6.61. The zero-order valence-electron chi connectivity index (χ0n) is 31.7. The van der Waals surface area contributed by atoms with E-state index in [0.29, 0.717) is 45.8 Å². The Morgan fingerprint density at radius 1 is 0.750 bits per heavy atom. The fraction of sp³-hybridized carbons (Fsp3) is 0.213. The molecular formula is C47H42N2O7. The van der Waals surface area contributed by atoms with Crippen molar-refractivity contribution in [3.63, 3.8) is 0 Å². The number of nitrogens with zero attached hydrogens (tertiary/aromatic N) is 2. The van der Waals surface area contributed by atoms with Crippen LogP contribution in [0.1, 0.15) is 70.9 Å². The number of aromatic nitrogens is 1. The molecule has 8 rings (SSSR count). The van der Waals surface area contributed by atoms with Crippen LogP contribution in [0.15, 0.2) is 140 Å². The van der Waals surface area contributed by atoms with Crippen LogP contribution < -0.4 is 23.8 Å². The lowest BCUT2D eigenvalue weighted by Gasteiger charge is -2.29. The number of rotatable bonds is 10. The number of methoxy groups -OCH3 is 1. The highest BCUT2D eigenvalue weighted by atomic mass is 16.7. The zero-order chi connectivity index (χ0) is 38.8. The fourth-order valence-corrected chi connectivity index (χ4v) is 7.54. The van der Waals surface area contributed by atoms with Crippen molar-refractivity contribution >= 4 is 23.4 Å². The first-order chi connectivity index (χ1) is 27.2. The van der Waals surface area contributed by atoms with Crippen LogP contribution in [0.5, 0.6) is 23.0 Å². The molecule has 0 saturated carbocycles. The molecule has 5 aromatic carbocycles. The molecule has 282 valence electrons. The number of hydrogen-bond acceptors (Lipinski definition) is 8. The Morgan fingerprint density at radius 2 is 1.43 bits per heavy atom. The van der Waals surface area contributed by atoms with Crippen molar-refractivity contribution < 1.29 is 33.3 Å². The first-order valence-electron chi connectivity index (χ1n) is 18.6. The maximum Gasteiger partial charge on any atom is 0.311 e. The summed E-state index contributed by atoms with van der Waals surface area (Å²) in [7, 11) is 1.61. The number of ether oxygens (including phenoxy) is 5. The predicted octanol–water partition coefficient (Wildman–Crippen LogP) is 9.61. The van der Waals surface area contributed by atoms with E-state index < -0.39 is 29.3 Å². The van der Waals surface area contributed by atoms with Gasteiger partial charge in [0.2, 0.25) is 6.79 Å². The molecule has 0 saturated heterocycles. The number of carbonyl (C=O) groups excluding carboxylic acids is 2. The third-order valence-corrected chi connectivity index (χ3v) is 9.99. The molecule has 2 aliphatic rings. The van der Waals surface area contributed by atoms with Crippen LogP contribution >= 0.6 is 0 Å². The van der Waals surface area contributed by atoms with E-state index in [2.05, 4.69) is 0 Å². The third-order valence-electron chi connectivity index (χ3n) is 9.99. The number of anilines is 2. The van der Waals surface area contributed by atoms with Crippen molar-refractivity contribution in [2.24, 2.45) is 5.92 Å². The number of esters is 1. The summed E-state index contributed by atoms with van der Waals surface area (Å²) in [6.45, 7) is 5.99. The second kappa shape index (κ2) is 15.3. The van der Waals surface area contributed by atoms with Gasteiger partial charge in [0, 0.05) is 29.0 Å². The number of fused-ring (bicyclic) bond motifs is 2. The van der Waals surface area contributed by atoms with Gasteiger partial charge in [0.1, 0.15) is 29.5 Å². The molecular weight excluding hydrogens is 705 g/mol. The van der Waals surface area contributed by atoms with Gasteiger partial charge in [0.05, 0.1) is 24.4 Å². The minimum atomic E-state index is -0.796. The maximum absolute atomic E-state index is 14.8. The van der Waals surface area contributed by atoms with Gasteiger partial charge in [-0.3, -0.25) is 14.5 Å². The monoisotopic (exact) mass is 746 g/mol. The standard InChI is InChI=1S/C47H42N2O7/c1-47(2,3)56-46(51)43-41(32-20-24-37-39(26-32)55-29-54-37)36-23-25-40(49(33-18-12-7-13-19-33)45(50)31-16-10-6-11-17-31)48-44(36)42(43)35-22-21-34(52-4)27-38(35)53-28-30-14-8-5-9-15-30/h5-27,41-43H,28-29H2,1-4H3/t41-,42-,43+/m0/s1. The molecule has 9 nitrogen and oxygen atoms in total. The van der Waals surface area contributed by atoms with E-state index in [0.717, 1.165) is 22.3 Å². The lowest BCUT2D eigenvalue weighted by atomic mass is 9.79. The second-order valence-corrected chi connectivity index (χ2v) is 14.8. The van der Waals surface area contributed by atoms with E-state index in [1.54, 1.807) is 24.1 Å². The van der Waals surface area contributed by atoms with Crippen molar-refractivity contribution in [3.8, 4) is 23.0 Å². The average Bonchev–Trinajstić information content (AvgIpc) is 3.83. The topological polar surface area (TPSA) is 96.4 Å². The molecule has 6 aromatic rings. The molecule has 0 bridgehead atoms. The highest BCUT2D eigenvalue weighted by molar-refractivity contribution is 6.10. The van der Waals surface area contributed by atoms with Crippen LogP contribution in [0.4, 0.5) is 11.5 Å². The van der Waals surface area contributed by atoms with E-state index in [-0.39, 0.29) is 19.3 Å². The number of benzene rings is 5. The quantitative estimate of drug-likeness (QED) is 0.128. The lowest BCUT2D eigenvalue weighted by molar-refractivity contribution is -0.160. The number of amides is 1. The Labute approximate surface area is 326 Å². The summed E-state index contributed by atoms with van der Waals surface area (Å²) >= 11 is 0. The van der Waals surface area contributed by atoms with E-state index in [9.17, 15) is 9.59 Å². The molecule has 0 spiro atoms. The van der Waals surface area contributed by atoms with Gasteiger partial charge in [0.15, 0.2) is 11.5 Å².